The van der Waals surface area contributed by atoms with E-state index in [1.54, 1.807) is 14.1 Å². The van der Waals surface area contributed by atoms with Crippen molar-refractivity contribution < 1.29 is 14.3 Å². The maximum absolute atomic E-state index is 11.8. The summed E-state index contributed by atoms with van der Waals surface area (Å²) in [5.41, 5.74) is 5.40. The topological polar surface area (TPSA) is 85.5 Å². The molecule has 1 aliphatic carbocycles. The van der Waals surface area contributed by atoms with E-state index >= 15 is 0 Å². The lowest BCUT2D eigenvalue weighted by Crippen LogP contribution is -2.27. The highest BCUT2D eigenvalue weighted by Crippen LogP contribution is 2.27. The van der Waals surface area contributed by atoms with Gasteiger partial charge in [-0.2, -0.15) is 0 Å². The second kappa shape index (κ2) is 4.64. The Morgan fingerprint density at radius 3 is 2.61 bits per heavy atom. The molecule has 6 nitrogen and oxygen atoms in total. The average Bonchev–Trinajstić information content (AvgIpc) is 3.11. The van der Waals surface area contributed by atoms with Gasteiger partial charge in [0.15, 0.2) is 0 Å². The van der Waals surface area contributed by atoms with Crippen LogP contribution in [0.2, 0.25) is 0 Å². The van der Waals surface area contributed by atoms with Gasteiger partial charge in [0.1, 0.15) is 11.4 Å². The molecule has 2 rings (SSSR count). The molecule has 1 fully saturated rings. The highest BCUT2D eigenvalue weighted by molar-refractivity contribution is 6.05. The van der Waals surface area contributed by atoms with E-state index in [2.05, 4.69) is 4.98 Å². The number of hydrogen-bond donors (Lipinski definition) is 1. The van der Waals surface area contributed by atoms with Gasteiger partial charge in [0.2, 0.25) is 0 Å². The van der Waals surface area contributed by atoms with Crippen LogP contribution in [0.1, 0.15) is 33.7 Å². The number of rotatable bonds is 4. The standard InChI is InChI=1S/C12H15N3O3/c1-15(2)12(17)10-9(11(13)16)5-8(6-14-10)18-7-3-4-7/h5-7H,3-4H2,1-2H3,(H2,13,16). The van der Waals surface area contributed by atoms with Gasteiger partial charge in [-0.15, -0.1) is 0 Å². The van der Waals surface area contributed by atoms with E-state index < -0.39 is 5.91 Å². The number of nitrogens with two attached hydrogens (primary N) is 1. The van der Waals surface area contributed by atoms with E-state index in [0.717, 1.165) is 12.8 Å². The van der Waals surface area contributed by atoms with Crippen LogP contribution in [0.4, 0.5) is 0 Å². The van der Waals surface area contributed by atoms with Crippen LogP contribution < -0.4 is 10.5 Å². The Bertz CT molecular complexity index is 495. The quantitative estimate of drug-likeness (QED) is 0.838. The SMILES string of the molecule is CN(C)C(=O)c1ncc(OC2CC2)cc1C(N)=O. The number of carbonyl (C=O) groups is 2. The summed E-state index contributed by atoms with van der Waals surface area (Å²) in [6.07, 6.45) is 3.65. The molecule has 2 amide bonds. The number of carbonyl (C=O) groups excluding carboxylic acids is 2. The fourth-order valence-electron chi connectivity index (χ4n) is 1.46. The Labute approximate surface area is 105 Å². The summed E-state index contributed by atoms with van der Waals surface area (Å²) >= 11 is 0. The van der Waals surface area contributed by atoms with Crippen molar-refractivity contribution in [2.75, 3.05) is 14.1 Å². The molecule has 1 aromatic rings. The normalized spacial score (nSPS) is 14.1. The number of hydrogen-bond acceptors (Lipinski definition) is 4. The van der Waals surface area contributed by atoms with E-state index in [1.165, 1.54) is 17.2 Å². The van der Waals surface area contributed by atoms with Gasteiger partial charge in [-0.1, -0.05) is 0 Å². The summed E-state index contributed by atoms with van der Waals surface area (Å²) in [5, 5.41) is 0. The lowest BCUT2D eigenvalue weighted by atomic mass is 10.1. The number of amides is 2. The Balaban J connectivity index is 2.34. The van der Waals surface area contributed by atoms with Gasteiger partial charge >= 0.3 is 0 Å². The molecule has 2 N–H and O–H groups in total. The molecule has 0 atom stereocenters. The van der Waals surface area contributed by atoms with Crippen LogP contribution in [0.3, 0.4) is 0 Å². The Morgan fingerprint density at radius 2 is 2.11 bits per heavy atom. The number of ether oxygens (including phenoxy) is 1. The van der Waals surface area contributed by atoms with Crippen molar-refractivity contribution in [1.82, 2.24) is 9.88 Å². The molecule has 96 valence electrons. The van der Waals surface area contributed by atoms with E-state index in [1.807, 2.05) is 0 Å². The molecule has 18 heavy (non-hydrogen) atoms. The third-order valence-electron chi connectivity index (χ3n) is 2.56. The molecule has 1 saturated carbocycles. The van der Waals surface area contributed by atoms with Crippen molar-refractivity contribution >= 4 is 11.8 Å². The molecule has 0 unspecified atom stereocenters. The molecule has 1 aromatic heterocycles. The van der Waals surface area contributed by atoms with Crippen LogP contribution in [0, 0.1) is 0 Å². The Morgan fingerprint density at radius 1 is 1.44 bits per heavy atom. The molecule has 0 aromatic carbocycles. The zero-order chi connectivity index (χ0) is 13.3. The van der Waals surface area contributed by atoms with Gasteiger partial charge in [-0.05, 0) is 18.9 Å². The minimum atomic E-state index is -0.686. The van der Waals surface area contributed by atoms with E-state index in [4.69, 9.17) is 10.5 Å². The van der Waals surface area contributed by atoms with Crippen molar-refractivity contribution in [3.63, 3.8) is 0 Å². The van der Waals surface area contributed by atoms with Crippen molar-refractivity contribution in [2.24, 2.45) is 5.73 Å². The van der Waals surface area contributed by atoms with Gasteiger partial charge in [-0.3, -0.25) is 9.59 Å². The number of primary amides is 1. The first kappa shape index (κ1) is 12.3. The van der Waals surface area contributed by atoms with Crippen molar-refractivity contribution in [1.29, 1.82) is 0 Å². The molecular formula is C12H15N3O3. The summed E-state index contributed by atoms with van der Waals surface area (Å²) in [7, 11) is 3.17. The predicted octanol–water partition coefficient (Wildman–Crippen LogP) is 0.424. The highest BCUT2D eigenvalue weighted by Gasteiger charge is 2.25. The second-order valence-electron chi connectivity index (χ2n) is 4.45. The molecule has 0 bridgehead atoms. The molecule has 0 spiro atoms. The van der Waals surface area contributed by atoms with Crippen LogP contribution in [0.5, 0.6) is 5.75 Å². The van der Waals surface area contributed by atoms with Gasteiger partial charge in [0.05, 0.1) is 17.9 Å². The zero-order valence-electron chi connectivity index (χ0n) is 10.3. The fraction of sp³-hybridized carbons (Fsp3) is 0.417. The second-order valence-corrected chi connectivity index (χ2v) is 4.45. The zero-order valence-corrected chi connectivity index (χ0v) is 10.3. The van der Waals surface area contributed by atoms with Crippen molar-refractivity contribution in [2.45, 2.75) is 18.9 Å². The van der Waals surface area contributed by atoms with Gasteiger partial charge in [-0.25, -0.2) is 4.98 Å². The maximum Gasteiger partial charge on any atom is 0.272 e. The van der Waals surface area contributed by atoms with Gasteiger partial charge < -0.3 is 15.4 Å². The first-order valence-corrected chi connectivity index (χ1v) is 5.67. The van der Waals surface area contributed by atoms with Crippen LogP contribution in [-0.2, 0) is 0 Å². The van der Waals surface area contributed by atoms with Crippen molar-refractivity contribution in [3.05, 3.63) is 23.5 Å². The number of pyridine rings is 1. The van der Waals surface area contributed by atoms with E-state index in [0.29, 0.717) is 5.75 Å². The monoisotopic (exact) mass is 249 g/mol. The van der Waals surface area contributed by atoms with Gasteiger partial charge in [0, 0.05) is 14.1 Å². The minimum Gasteiger partial charge on any atom is -0.489 e. The molecule has 0 aliphatic heterocycles. The molecular weight excluding hydrogens is 234 g/mol. The van der Waals surface area contributed by atoms with Crippen LogP contribution in [-0.4, -0.2) is 41.9 Å². The summed E-state index contributed by atoms with van der Waals surface area (Å²) < 4.78 is 5.52. The largest absolute Gasteiger partial charge is 0.489 e. The van der Waals surface area contributed by atoms with Crippen molar-refractivity contribution in [3.8, 4) is 5.75 Å². The third-order valence-corrected chi connectivity index (χ3v) is 2.56. The molecule has 1 aliphatic rings. The third kappa shape index (κ3) is 2.58. The smallest absolute Gasteiger partial charge is 0.272 e. The first-order valence-electron chi connectivity index (χ1n) is 5.67. The van der Waals surface area contributed by atoms with E-state index in [9.17, 15) is 9.59 Å². The summed E-state index contributed by atoms with van der Waals surface area (Å²) in [4.78, 5) is 28.5. The summed E-state index contributed by atoms with van der Waals surface area (Å²) in [6.45, 7) is 0. The number of nitrogens with zero attached hydrogens (tertiary/aromatic N) is 2. The lowest BCUT2D eigenvalue weighted by molar-refractivity contribution is 0.0814. The molecule has 1 heterocycles. The minimum absolute atomic E-state index is 0.0515. The van der Waals surface area contributed by atoms with Crippen LogP contribution in [0.15, 0.2) is 12.3 Å². The molecule has 0 saturated heterocycles. The Hall–Kier alpha value is -2.11. The first-order chi connectivity index (χ1) is 8.49. The maximum atomic E-state index is 11.8. The fourth-order valence-corrected chi connectivity index (χ4v) is 1.46. The Kier molecular flexibility index (Phi) is 3.18. The predicted molar refractivity (Wildman–Crippen MR) is 64.4 cm³/mol. The molecule has 0 radical (unpaired) electrons. The van der Waals surface area contributed by atoms with Gasteiger partial charge in [0.25, 0.3) is 11.8 Å². The van der Waals surface area contributed by atoms with Crippen LogP contribution >= 0.6 is 0 Å². The van der Waals surface area contributed by atoms with Crippen LogP contribution in [0.25, 0.3) is 0 Å². The average molecular weight is 249 g/mol. The molecule has 6 heteroatoms. The lowest BCUT2D eigenvalue weighted by Gasteiger charge is -2.13. The summed E-state index contributed by atoms with van der Waals surface area (Å²) in [5.74, 6) is -0.572. The summed E-state index contributed by atoms with van der Waals surface area (Å²) in [6, 6.07) is 1.48. The highest BCUT2D eigenvalue weighted by atomic mass is 16.5. The number of aromatic nitrogens is 1. The van der Waals surface area contributed by atoms with E-state index in [-0.39, 0.29) is 23.3 Å².